The first-order chi connectivity index (χ1) is 34.0. The Kier molecular flexibility index (Phi) is 54.3. The van der Waals surface area contributed by atoms with E-state index in [9.17, 15) is 14.4 Å². The van der Waals surface area contributed by atoms with Crippen molar-refractivity contribution >= 4 is 17.9 Å². The Bertz CT molecular complexity index is 1330. The summed E-state index contributed by atoms with van der Waals surface area (Å²) in [6.07, 6.45) is 74.3. The van der Waals surface area contributed by atoms with Gasteiger partial charge in [0.15, 0.2) is 6.10 Å². The third-order valence-corrected chi connectivity index (χ3v) is 12.4. The van der Waals surface area contributed by atoms with E-state index in [-0.39, 0.29) is 31.1 Å². The number of hydrogen-bond donors (Lipinski definition) is 0. The van der Waals surface area contributed by atoms with Crippen LogP contribution >= 0.6 is 0 Å². The number of hydrogen-bond acceptors (Lipinski definition) is 6. The molecule has 0 aliphatic rings. The molecule has 0 aromatic heterocycles. The highest BCUT2D eigenvalue weighted by Gasteiger charge is 2.19. The molecule has 0 saturated heterocycles. The average Bonchev–Trinajstić information content (AvgIpc) is 3.35. The minimum atomic E-state index is -0.787. The monoisotopic (exact) mass is 961 g/mol. The maximum Gasteiger partial charge on any atom is 0.306 e. The van der Waals surface area contributed by atoms with Gasteiger partial charge in [-0.1, -0.05) is 266 Å². The Morgan fingerprint density at radius 1 is 0.304 bits per heavy atom. The molecule has 0 aliphatic heterocycles. The Hall–Kier alpha value is -3.41. The van der Waals surface area contributed by atoms with Gasteiger partial charge in [0, 0.05) is 19.3 Å². The van der Waals surface area contributed by atoms with Gasteiger partial charge >= 0.3 is 17.9 Å². The highest BCUT2D eigenvalue weighted by atomic mass is 16.6. The molecule has 0 fully saturated rings. The smallest absolute Gasteiger partial charge is 0.306 e. The van der Waals surface area contributed by atoms with Crippen molar-refractivity contribution in [2.75, 3.05) is 13.2 Å². The number of carbonyl (C=O) groups is 3. The highest BCUT2D eigenvalue weighted by Crippen LogP contribution is 2.16. The van der Waals surface area contributed by atoms with Gasteiger partial charge in [-0.25, -0.2) is 0 Å². The van der Waals surface area contributed by atoms with Crippen molar-refractivity contribution in [2.45, 2.75) is 284 Å². The second-order valence-electron chi connectivity index (χ2n) is 19.2. The van der Waals surface area contributed by atoms with E-state index in [0.717, 1.165) is 109 Å². The molecule has 0 aliphatic carbocycles. The lowest BCUT2D eigenvalue weighted by atomic mass is 10.0. The number of rotatable bonds is 52. The fourth-order valence-electron chi connectivity index (χ4n) is 8.07. The average molecular weight is 962 g/mol. The zero-order chi connectivity index (χ0) is 50.0. The van der Waals surface area contributed by atoms with Crippen LogP contribution in [0, 0.1) is 0 Å². The number of allylic oxidation sites excluding steroid dienone is 14. The maximum atomic E-state index is 12.8. The van der Waals surface area contributed by atoms with Crippen LogP contribution in [0.5, 0.6) is 0 Å². The van der Waals surface area contributed by atoms with Crippen molar-refractivity contribution in [3.05, 3.63) is 85.1 Å². The lowest BCUT2D eigenvalue weighted by Gasteiger charge is -2.18. The van der Waals surface area contributed by atoms with Gasteiger partial charge in [-0.15, -0.1) is 0 Å². The summed E-state index contributed by atoms with van der Waals surface area (Å²) in [6, 6.07) is 0. The van der Waals surface area contributed by atoms with Gasteiger partial charge in [-0.05, 0) is 77.0 Å². The topological polar surface area (TPSA) is 78.9 Å². The van der Waals surface area contributed by atoms with Crippen LogP contribution < -0.4 is 0 Å². The number of ether oxygens (including phenoxy) is 3. The molecule has 0 saturated carbocycles. The Morgan fingerprint density at radius 3 is 0.884 bits per heavy atom. The summed E-state index contributed by atoms with van der Waals surface area (Å²) in [5, 5.41) is 0. The van der Waals surface area contributed by atoms with E-state index in [2.05, 4.69) is 106 Å². The van der Waals surface area contributed by atoms with Gasteiger partial charge < -0.3 is 14.2 Å². The first-order valence-corrected chi connectivity index (χ1v) is 29.1. The van der Waals surface area contributed by atoms with Crippen LogP contribution in [0.15, 0.2) is 85.1 Å². The number of unbranched alkanes of at least 4 members (excludes halogenated alkanes) is 27. The van der Waals surface area contributed by atoms with E-state index in [4.69, 9.17) is 14.2 Å². The molecule has 1 unspecified atom stereocenters. The molecule has 69 heavy (non-hydrogen) atoms. The molecule has 6 heteroatoms. The van der Waals surface area contributed by atoms with Gasteiger partial charge in [0.25, 0.3) is 0 Å². The summed E-state index contributed by atoms with van der Waals surface area (Å²) in [5.41, 5.74) is 0. The van der Waals surface area contributed by atoms with Crippen LogP contribution in [0.3, 0.4) is 0 Å². The molecule has 6 nitrogen and oxygen atoms in total. The van der Waals surface area contributed by atoms with Crippen LogP contribution in [0.25, 0.3) is 0 Å². The quantitative estimate of drug-likeness (QED) is 0.0262. The fraction of sp³-hybridized carbons (Fsp3) is 0.730. The standard InChI is InChI=1S/C63H108O6/c1-4-7-10-13-16-19-22-24-26-27-28-29-30-31-32-33-34-35-37-38-41-44-47-50-53-56-62(65)68-59-60(58-67-61(64)55-52-49-46-43-40-21-18-15-12-9-6-3)69-63(66)57-54-51-48-45-42-39-36-25-23-20-17-14-11-8-5-2/h7,10,16,19,24,26,28-29,31-32,34-35,38,41,60H,4-6,8-9,11-15,17-18,20-23,25,27,30,33,36-37,39-40,42-59H2,1-3H3/b10-7-,19-16-,26-24-,29-28-,32-31-,35-34-,41-38-. The second kappa shape index (κ2) is 57.2. The summed E-state index contributed by atoms with van der Waals surface area (Å²) in [4.78, 5) is 38.1. The predicted octanol–water partition coefficient (Wildman–Crippen LogP) is 19.5. The summed E-state index contributed by atoms with van der Waals surface area (Å²) >= 11 is 0. The predicted molar refractivity (Wildman–Crippen MR) is 297 cm³/mol. The normalized spacial score (nSPS) is 12.7. The zero-order valence-corrected chi connectivity index (χ0v) is 45.3. The molecule has 0 N–H and O–H groups in total. The molecule has 0 bridgehead atoms. The lowest BCUT2D eigenvalue weighted by Crippen LogP contribution is -2.30. The molecule has 396 valence electrons. The fourth-order valence-corrected chi connectivity index (χ4v) is 8.07. The van der Waals surface area contributed by atoms with E-state index < -0.39 is 6.10 Å². The van der Waals surface area contributed by atoms with Crippen LogP contribution in [0.4, 0.5) is 0 Å². The van der Waals surface area contributed by atoms with E-state index in [0.29, 0.717) is 19.3 Å². The molecule has 0 aromatic carbocycles. The van der Waals surface area contributed by atoms with Crippen LogP contribution in [0.1, 0.15) is 278 Å². The first-order valence-electron chi connectivity index (χ1n) is 29.1. The van der Waals surface area contributed by atoms with Crippen molar-refractivity contribution in [1.29, 1.82) is 0 Å². The van der Waals surface area contributed by atoms with Gasteiger partial charge in [0.2, 0.25) is 0 Å². The van der Waals surface area contributed by atoms with Crippen LogP contribution in [0.2, 0.25) is 0 Å². The minimum absolute atomic E-state index is 0.0837. The van der Waals surface area contributed by atoms with Gasteiger partial charge in [0.05, 0.1) is 0 Å². The third-order valence-electron chi connectivity index (χ3n) is 12.4. The molecular weight excluding hydrogens is 853 g/mol. The van der Waals surface area contributed by atoms with Gasteiger partial charge in [0.1, 0.15) is 13.2 Å². The van der Waals surface area contributed by atoms with Crippen molar-refractivity contribution < 1.29 is 28.6 Å². The largest absolute Gasteiger partial charge is 0.462 e. The molecule has 0 amide bonds. The lowest BCUT2D eigenvalue weighted by molar-refractivity contribution is -0.167. The molecule has 1 atom stereocenters. The third kappa shape index (κ3) is 55.4. The maximum absolute atomic E-state index is 12.8. The van der Waals surface area contributed by atoms with Crippen LogP contribution in [-0.2, 0) is 28.6 Å². The Labute approximate surface area is 426 Å². The number of carbonyl (C=O) groups excluding carboxylic acids is 3. The van der Waals surface area contributed by atoms with Gasteiger partial charge in [-0.2, -0.15) is 0 Å². The molecule has 0 radical (unpaired) electrons. The Balaban J connectivity index is 4.36. The second-order valence-corrected chi connectivity index (χ2v) is 19.2. The van der Waals surface area contributed by atoms with Crippen molar-refractivity contribution in [1.82, 2.24) is 0 Å². The first kappa shape index (κ1) is 65.6. The Morgan fingerprint density at radius 2 is 0.565 bits per heavy atom. The highest BCUT2D eigenvalue weighted by molar-refractivity contribution is 5.71. The van der Waals surface area contributed by atoms with Crippen LogP contribution in [-0.4, -0.2) is 37.2 Å². The number of esters is 3. The van der Waals surface area contributed by atoms with Crippen molar-refractivity contribution in [2.24, 2.45) is 0 Å². The van der Waals surface area contributed by atoms with E-state index in [1.54, 1.807) is 0 Å². The molecule has 0 aromatic rings. The van der Waals surface area contributed by atoms with E-state index in [1.807, 2.05) is 0 Å². The summed E-state index contributed by atoms with van der Waals surface area (Å²) in [7, 11) is 0. The SMILES string of the molecule is CC/C=C\C/C=C\C/C=C\C/C=C\C/C=C\C/C=C\C/C=C\CCCCCC(=O)OCC(COC(=O)CCCCCCCCCCCCC)OC(=O)CCCCCCCCCCCCCCCCC. The molecule has 0 heterocycles. The minimum Gasteiger partial charge on any atom is -0.462 e. The molecule has 0 rings (SSSR count). The van der Waals surface area contributed by atoms with E-state index in [1.165, 1.54) is 128 Å². The molecule has 0 spiro atoms. The van der Waals surface area contributed by atoms with Crippen molar-refractivity contribution in [3.63, 3.8) is 0 Å². The summed E-state index contributed by atoms with van der Waals surface area (Å²) in [6.45, 7) is 6.51. The summed E-state index contributed by atoms with van der Waals surface area (Å²) < 4.78 is 16.8. The van der Waals surface area contributed by atoms with Crippen molar-refractivity contribution in [3.8, 4) is 0 Å². The van der Waals surface area contributed by atoms with Gasteiger partial charge in [-0.3, -0.25) is 14.4 Å². The molecular formula is C63H108O6. The van der Waals surface area contributed by atoms with E-state index >= 15 is 0 Å². The summed E-state index contributed by atoms with van der Waals surface area (Å²) in [5.74, 6) is -0.910. The zero-order valence-electron chi connectivity index (χ0n) is 45.3.